The average Bonchev–Trinajstić information content (AvgIpc) is 3.19. The Morgan fingerprint density at radius 1 is 0.931 bits per heavy atom. The summed E-state index contributed by atoms with van der Waals surface area (Å²) in [7, 11) is 0. The number of aliphatic carboxylic acids is 1. The van der Waals surface area contributed by atoms with Crippen molar-refractivity contribution in [3.8, 4) is 11.1 Å². The van der Waals surface area contributed by atoms with Gasteiger partial charge in [0.25, 0.3) is 5.91 Å². The Labute approximate surface area is 173 Å². The van der Waals surface area contributed by atoms with Crippen LogP contribution in [0.4, 0.5) is 0 Å². The van der Waals surface area contributed by atoms with Gasteiger partial charge in [0, 0.05) is 23.0 Å². The molecule has 0 spiro atoms. The topological polar surface area (TPSA) is 70.5 Å². The second-order valence-corrected chi connectivity index (χ2v) is 7.40. The van der Waals surface area contributed by atoms with Gasteiger partial charge in [-0.15, -0.1) is 0 Å². The smallest absolute Gasteiger partial charge is 0.326 e. The number of halogens is 1. The molecule has 6 heteroatoms. The molecule has 1 fully saturated rings. The molecule has 0 bridgehead atoms. The Morgan fingerprint density at radius 2 is 1.59 bits per heavy atom. The molecule has 3 aromatic rings. The highest BCUT2D eigenvalue weighted by molar-refractivity contribution is 6.31. The maximum absolute atomic E-state index is 13.3. The first-order valence-corrected chi connectivity index (χ1v) is 9.74. The van der Waals surface area contributed by atoms with Crippen molar-refractivity contribution in [2.75, 3.05) is 0 Å². The van der Waals surface area contributed by atoms with Crippen LogP contribution in [0.3, 0.4) is 0 Å². The monoisotopic (exact) mass is 406 g/mol. The fraction of sp³-hybridized carbons (Fsp3) is 0.174. The third-order valence-electron chi connectivity index (χ3n) is 5.31. The number of carbonyl (C=O) groups excluding carboxylic acids is 1. The van der Waals surface area contributed by atoms with E-state index in [9.17, 15) is 14.7 Å². The van der Waals surface area contributed by atoms with Crippen LogP contribution in [-0.4, -0.2) is 32.9 Å². The highest BCUT2D eigenvalue weighted by atomic mass is 35.5. The van der Waals surface area contributed by atoms with E-state index in [4.69, 9.17) is 11.6 Å². The van der Waals surface area contributed by atoms with Crippen molar-refractivity contribution in [3.05, 3.63) is 89.2 Å². The van der Waals surface area contributed by atoms with Gasteiger partial charge >= 0.3 is 5.97 Å². The summed E-state index contributed by atoms with van der Waals surface area (Å²) in [6.07, 6.45) is 4.38. The number of amides is 1. The molecule has 2 heterocycles. The van der Waals surface area contributed by atoms with Crippen molar-refractivity contribution in [3.63, 3.8) is 0 Å². The van der Waals surface area contributed by atoms with E-state index >= 15 is 0 Å². The van der Waals surface area contributed by atoms with Crippen LogP contribution < -0.4 is 0 Å². The van der Waals surface area contributed by atoms with Crippen molar-refractivity contribution >= 4 is 23.5 Å². The molecule has 1 aliphatic rings. The number of carboxylic acid groups (broad SMARTS) is 1. The molecule has 0 saturated carbocycles. The summed E-state index contributed by atoms with van der Waals surface area (Å²) >= 11 is 6.35. The van der Waals surface area contributed by atoms with E-state index in [-0.39, 0.29) is 11.9 Å². The molecule has 146 valence electrons. The van der Waals surface area contributed by atoms with Gasteiger partial charge in [-0.05, 0) is 59.9 Å². The molecule has 1 aromatic heterocycles. The van der Waals surface area contributed by atoms with Gasteiger partial charge in [-0.25, -0.2) is 4.79 Å². The number of carbonyl (C=O) groups is 2. The van der Waals surface area contributed by atoms with Gasteiger partial charge in [-0.3, -0.25) is 9.78 Å². The zero-order valence-electron chi connectivity index (χ0n) is 15.5. The first kappa shape index (κ1) is 19.2. The molecule has 2 atom stereocenters. The van der Waals surface area contributed by atoms with Crippen LogP contribution in [0, 0.1) is 0 Å². The first-order valence-electron chi connectivity index (χ1n) is 9.36. The van der Waals surface area contributed by atoms with Crippen LogP contribution >= 0.6 is 11.6 Å². The minimum Gasteiger partial charge on any atom is -0.480 e. The lowest BCUT2D eigenvalue weighted by Crippen LogP contribution is -2.41. The van der Waals surface area contributed by atoms with Gasteiger partial charge in [0.1, 0.15) is 6.04 Å². The second kappa shape index (κ2) is 8.05. The standard InChI is InChI=1S/C23H19ClN2O3/c24-19-4-2-1-3-18(19)20-9-10-21(23(28)29)26(20)22(27)17-7-5-15(6-8-17)16-11-13-25-14-12-16/h1-8,11-14,20-21H,9-10H2,(H,28,29)/t20?,21-/m0/s1. The van der Waals surface area contributed by atoms with Crippen molar-refractivity contribution in [2.24, 2.45) is 0 Å². The van der Waals surface area contributed by atoms with Crippen LogP contribution in [0.2, 0.25) is 5.02 Å². The molecule has 1 aliphatic heterocycles. The summed E-state index contributed by atoms with van der Waals surface area (Å²) in [4.78, 5) is 30.6. The van der Waals surface area contributed by atoms with Gasteiger partial charge in [0.15, 0.2) is 0 Å². The summed E-state index contributed by atoms with van der Waals surface area (Å²) in [6, 6.07) is 17.0. The molecule has 5 nitrogen and oxygen atoms in total. The molecule has 1 saturated heterocycles. The number of pyridine rings is 1. The Hall–Kier alpha value is -3.18. The van der Waals surface area contributed by atoms with E-state index in [0.717, 1.165) is 16.7 Å². The lowest BCUT2D eigenvalue weighted by molar-refractivity contribution is -0.141. The maximum Gasteiger partial charge on any atom is 0.326 e. The largest absolute Gasteiger partial charge is 0.480 e. The van der Waals surface area contributed by atoms with Crippen LogP contribution in [0.15, 0.2) is 73.1 Å². The number of carboxylic acids is 1. The third-order valence-corrected chi connectivity index (χ3v) is 5.66. The Morgan fingerprint density at radius 3 is 2.24 bits per heavy atom. The molecular formula is C23H19ClN2O3. The Balaban J connectivity index is 1.67. The van der Waals surface area contributed by atoms with Crippen molar-refractivity contribution in [2.45, 2.75) is 24.9 Å². The molecule has 2 aromatic carbocycles. The number of aromatic nitrogens is 1. The number of hydrogen-bond donors (Lipinski definition) is 1. The Kier molecular flexibility index (Phi) is 5.32. The fourth-order valence-electron chi connectivity index (χ4n) is 3.89. The maximum atomic E-state index is 13.3. The van der Waals surface area contributed by atoms with Crippen LogP contribution in [0.25, 0.3) is 11.1 Å². The fourth-order valence-corrected chi connectivity index (χ4v) is 4.15. The summed E-state index contributed by atoms with van der Waals surface area (Å²) in [5, 5.41) is 10.2. The summed E-state index contributed by atoms with van der Waals surface area (Å²) in [5.74, 6) is -1.30. The molecule has 1 amide bonds. The predicted molar refractivity (Wildman–Crippen MR) is 111 cm³/mol. The van der Waals surface area contributed by atoms with Gasteiger partial charge in [-0.2, -0.15) is 0 Å². The number of hydrogen-bond acceptors (Lipinski definition) is 3. The van der Waals surface area contributed by atoms with Gasteiger partial charge in [0.05, 0.1) is 6.04 Å². The average molecular weight is 407 g/mol. The quantitative estimate of drug-likeness (QED) is 0.673. The van der Waals surface area contributed by atoms with Gasteiger partial charge in [0.2, 0.25) is 0 Å². The van der Waals surface area contributed by atoms with Gasteiger partial charge < -0.3 is 10.0 Å². The number of nitrogens with zero attached hydrogens (tertiary/aromatic N) is 2. The highest BCUT2D eigenvalue weighted by Crippen LogP contribution is 2.40. The van der Waals surface area contributed by atoms with Crippen molar-refractivity contribution < 1.29 is 14.7 Å². The number of likely N-dealkylation sites (tertiary alicyclic amines) is 1. The molecule has 4 rings (SSSR count). The zero-order chi connectivity index (χ0) is 20.4. The minimum atomic E-state index is -0.999. The molecular weight excluding hydrogens is 388 g/mol. The van der Waals surface area contributed by atoms with Crippen LogP contribution in [0.5, 0.6) is 0 Å². The Bertz CT molecular complexity index is 1040. The van der Waals surface area contributed by atoms with E-state index in [1.807, 2.05) is 42.5 Å². The molecule has 1 unspecified atom stereocenters. The van der Waals surface area contributed by atoms with E-state index in [2.05, 4.69) is 4.98 Å². The van der Waals surface area contributed by atoms with E-state index < -0.39 is 12.0 Å². The molecule has 0 aliphatic carbocycles. The van der Waals surface area contributed by atoms with Crippen molar-refractivity contribution in [1.29, 1.82) is 0 Å². The van der Waals surface area contributed by atoms with Gasteiger partial charge in [-0.1, -0.05) is 41.9 Å². The molecule has 0 radical (unpaired) electrons. The zero-order valence-corrected chi connectivity index (χ0v) is 16.3. The lowest BCUT2D eigenvalue weighted by atomic mass is 10.0. The first-order chi connectivity index (χ1) is 14.1. The normalized spacial score (nSPS) is 18.6. The summed E-state index contributed by atoms with van der Waals surface area (Å²) in [6.45, 7) is 0. The second-order valence-electron chi connectivity index (χ2n) is 6.99. The van der Waals surface area contributed by atoms with E-state index in [0.29, 0.717) is 23.4 Å². The van der Waals surface area contributed by atoms with Crippen LogP contribution in [-0.2, 0) is 4.79 Å². The van der Waals surface area contributed by atoms with E-state index in [1.54, 1.807) is 30.6 Å². The SMILES string of the molecule is O=C(O)[C@@H]1CCC(c2ccccc2Cl)N1C(=O)c1ccc(-c2ccncc2)cc1. The van der Waals surface area contributed by atoms with Crippen LogP contribution in [0.1, 0.15) is 34.8 Å². The summed E-state index contributed by atoms with van der Waals surface area (Å²) in [5.41, 5.74) is 3.19. The molecule has 1 N–H and O–H groups in total. The molecule has 29 heavy (non-hydrogen) atoms. The van der Waals surface area contributed by atoms with Crippen molar-refractivity contribution in [1.82, 2.24) is 9.88 Å². The lowest BCUT2D eigenvalue weighted by Gasteiger charge is -2.29. The predicted octanol–water partition coefficient (Wildman–Crippen LogP) is 4.83. The highest BCUT2D eigenvalue weighted by Gasteiger charge is 2.42. The number of benzene rings is 2. The van der Waals surface area contributed by atoms with E-state index in [1.165, 1.54) is 4.90 Å². The minimum absolute atomic E-state index is 0.305. The third kappa shape index (κ3) is 3.74. The summed E-state index contributed by atoms with van der Waals surface area (Å²) < 4.78 is 0. The number of rotatable bonds is 4.